The van der Waals surface area contributed by atoms with Crippen LogP contribution in [0.5, 0.6) is 0 Å². The predicted octanol–water partition coefficient (Wildman–Crippen LogP) is 4.79. The third kappa shape index (κ3) is 3.05. The summed E-state index contributed by atoms with van der Waals surface area (Å²) in [6, 6.07) is 14.4. The SMILES string of the molecule is CC(C)Cc1cccc(-c2ccc(Cl)c(N)c2)c1. The Kier molecular flexibility index (Phi) is 3.93. The van der Waals surface area contributed by atoms with Crippen LogP contribution in [0.1, 0.15) is 19.4 Å². The summed E-state index contributed by atoms with van der Waals surface area (Å²) in [4.78, 5) is 0. The quantitative estimate of drug-likeness (QED) is 0.788. The van der Waals surface area contributed by atoms with Crippen molar-refractivity contribution in [2.24, 2.45) is 5.92 Å². The highest BCUT2D eigenvalue weighted by Gasteiger charge is 2.03. The van der Waals surface area contributed by atoms with Crippen LogP contribution in [0.25, 0.3) is 11.1 Å². The molecule has 0 radical (unpaired) electrons. The molecule has 0 fully saturated rings. The monoisotopic (exact) mass is 259 g/mol. The third-order valence-electron chi connectivity index (χ3n) is 2.90. The molecule has 0 aliphatic heterocycles. The molecule has 0 saturated heterocycles. The first-order chi connectivity index (χ1) is 8.56. The molecular formula is C16H18ClN. The van der Waals surface area contributed by atoms with Crippen molar-refractivity contribution in [3.05, 3.63) is 53.1 Å². The van der Waals surface area contributed by atoms with E-state index in [1.807, 2.05) is 18.2 Å². The number of benzene rings is 2. The highest BCUT2D eigenvalue weighted by molar-refractivity contribution is 6.33. The molecule has 0 saturated carbocycles. The van der Waals surface area contributed by atoms with Crippen LogP contribution < -0.4 is 5.73 Å². The molecule has 0 bridgehead atoms. The smallest absolute Gasteiger partial charge is 0.0635 e. The van der Waals surface area contributed by atoms with Gasteiger partial charge >= 0.3 is 0 Å². The molecule has 1 nitrogen and oxygen atoms in total. The second kappa shape index (κ2) is 5.45. The van der Waals surface area contributed by atoms with Gasteiger partial charge in [-0.25, -0.2) is 0 Å². The number of anilines is 1. The van der Waals surface area contributed by atoms with Crippen molar-refractivity contribution in [2.75, 3.05) is 5.73 Å². The fourth-order valence-electron chi connectivity index (χ4n) is 2.07. The van der Waals surface area contributed by atoms with Gasteiger partial charge in [-0.2, -0.15) is 0 Å². The van der Waals surface area contributed by atoms with E-state index in [0.717, 1.165) is 12.0 Å². The van der Waals surface area contributed by atoms with Gasteiger partial charge in [0.15, 0.2) is 0 Å². The van der Waals surface area contributed by atoms with Gasteiger partial charge in [0.1, 0.15) is 0 Å². The molecule has 0 aliphatic rings. The van der Waals surface area contributed by atoms with Crippen LogP contribution >= 0.6 is 11.6 Å². The highest BCUT2D eigenvalue weighted by atomic mass is 35.5. The molecule has 2 aromatic rings. The lowest BCUT2D eigenvalue weighted by molar-refractivity contribution is 0.647. The van der Waals surface area contributed by atoms with Gasteiger partial charge < -0.3 is 5.73 Å². The third-order valence-corrected chi connectivity index (χ3v) is 3.24. The molecule has 2 heteroatoms. The maximum Gasteiger partial charge on any atom is 0.0635 e. The summed E-state index contributed by atoms with van der Waals surface area (Å²) in [6.45, 7) is 4.46. The first-order valence-electron chi connectivity index (χ1n) is 6.20. The van der Waals surface area contributed by atoms with Gasteiger partial charge in [0, 0.05) is 0 Å². The van der Waals surface area contributed by atoms with Gasteiger partial charge in [-0.1, -0.05) is 55.8 Å². The Balaban J connectivity index is 2.35. The Morgan fingerprint density at radius 1 is 1.06 bits per heavy atom. The van der Waals surface area contributed by atoms with Crippen molar-refractivity contribution in [1.82, 2.24) is 0 Å². The second-order valence-electron chi connectivity index (χ2n) is 5.03. The van der Waals surface area contributed by atoms with Crippen molar-refractivity contribution in [2.45, 2.75) is 20.3 Å². The lowest BCUT2D eigenvalue weighted by atomic mass is 9.98. The summed E-state index contributed by atoms with van der Waals surface area (Å²) in [6.07, 6.45) is 1.09. The molecule has 0 atom stereocenters. The standard InChI is InChI=1S/C16H18ClN/c1-11(2)8-12-4-3-5-13(9-12)14-6-7-15(17)16(18)10-14/h3-7,9-11H,8,18H2,1-2H3. The minimum absolute atomic E-state index is 0.608. The van der Waals surface area contributed by atoms with E-state index in [0.29, 0.717) is 16.6 Å². The first kappa shape index (κ1) is 13.0. The van der Waals surface area contributed by atoms with E-state index in [2.05, 4.69) is 38.1 Å². The normalized spacial score (nSPS) is 10.9. The number of hydrogen-bond acceptors (Lipinski definition) is 1. The summed E-state index contributed by atoms with van der Waals surface area (Å²) < 4.78 is 0. The molecule has 0 aromatic heterocycles. The zero-order valence-corrected chi connectivity index (χ0v) is 11.5. The molecule has 18 heavy (non-hydrogen) atoms. The maximum absolute atomic E-state index is 5.94. The summed E-state index contributed by atoms with van der Waals surface area (Å²) >= 11 is 5.94. The van der Waals surface area contributed by atoms with Crippen LogP contribution in [0.4, 0.5) is 5.69 Å². The highest BCUT2D eigenvalue weighted by Crippen LogP contribution is 2.27. The number of rotatable bonds is 3. The van der Waals surface area contributed by atoms with Crippen molar-refractivity contribution in [1.29, 1.82) is 0 Å². The van der Waals surface area contributed by atoms with E-state index in [9.17, 15) is 0 Å². The zero-order valence-electron chi connectivity index (χ0n) is 10.8. The van der Waals surface area contributed by atoms with E-state index in [4.69, 9.17) is 17.3 Å². The topological polar surface area (TPSA) is 26.0 Å². The maximum atomic E-state index is 5.94. The average Bonchev–Trinajstić information content (AvgIpc) is 2.32. The van der Waals surface area contributed by atoms with Gasteiger partial charge in [-0.15, -0.1) is 0 Å². The van der Waals surface area contributed by atoms with Crippen LogP contribution in [0.2, 0.25) is 5.02 Å². The predicted molar refractivity (Wildman–Crippen MR) is 79.8 cm³/mol. The molecular weight excluding hydrogens is 242 g/mol. The number of nitrogens with two attached hydrogens (primary N) is 1. The lowest BCUT2D eigenvalue weighted by Gasteiger charge is -2.09. The zero-order chi connectivity index (χ0) is 13.1. The minimum Gasteiger partial charge on any atom is -0.398 e. The van der Waals surface area contributed by atoms with Crippen molar-refractivity contribution < 1.29 is 0 Å². The number of hydrogen-bond donors (Lipinski definition) is 1. The fourth-order valence-corrected chi connectivity index (χ4v) is 2.19. The molecule has 2 aromatic carbocycles. The fraction of sp³-hybridized carbons (Fsp3) is 0.250. The van der Waals surface area contributed by atoms with Gasteiger partial charge in [0.05, 0.1) is 10.7 Å². The molecule has 94 valence electrons. The summed E-state index contributed by atoms with van der Waals surface area (Å²) in [5.74, 6) is 0.663. The van der Waals surface area contributed by atoms with Crippen LogP contribution in [0.15, 0.2) is 42.5 Å². The van der Waals surface area contributed by atoms with Crippen LogP contribution in [0.3, 0.4) is 0 Å². The van der Waals surface area contributed by atoms with E-state index in [-0.39, 0.29) is 0 Å². The molecule has 2 rings (SSSR count). The lowest BCUT2D eigenvalue weighted by Crippen LogP contribution is -1.94. The summed E-state index contributed by atoms with van der Waals surface area (Å²) in [5, 5.41) is 0.608. The Labute approximate surface area is 114 Å². The molecule has 0 unspecified atom stereocenters. The van der Waals surface area contributed by atoms with E-state index < -0.39 is 0 Å². The Hall–Kier alpha value is -1.47. The van der Waals surface area contributed by atoms with Gasteiger partial charge in [0.2, 0.25) is 0 Å². The largest absolute Gasteiger partial charge is 0.398 e. The summed E-state index contributed by atoms with van der Waals surface area (Å²) in [7, 11) is 0. The van der Waals surface area contributed by atoms with E-state index in [1.54, 1.807) is 0 Å². The molecule has 0 amide bonds. The van der Waals surface area contributed by atoms with Crippen LogP contribution in [-0.4, -0.2) is 0 Å². The summed E-state index contributed by atoms with van der Waals surface area (Å²) in [5.41, 5.74) is 10.1. The van der Waals surface area contributed by atoms with Crippen LogP contribution in [-0.2, 0) is 6.42 Å². The molecule has 0 spiro atoms. The van der Waals surface area contributed by atoms with E-state index >= 15 is 0 Å². The van der Waals surface area contributed by atoms with Gasteiger partial charge in [-0.3, -0.25) is 0 Å². The number of nitrogen functional groups attached to an aromatic ring is 1. The molecule has 0 heterocycles. The van der Waals surface area contributed by atoms with E-state index in [1.165, 1.54) is 11.1 Å². The Morgan fingerprint density at radius 3 is 2.44 bits per heavy atom. The van der Waals surface area contributed by atoms with Crippen molar-refractivity contribution in [3.63, 3.8) is 0 Å². The molecule has 0 aliphatic carbocycles. The molecule has 2 N–H and O–H groups in total. The second-order valence-corrected chi connectivity index (χ2v) is 5.44. The first-order valence-corrected chi connectivity index (χ1v) is 6.58. The minimum atomic E-state index is 0.608. The van der Waals surface area contributed by atoms with Crippen LogP contribution in [0, 0.1) is 5.92 Å². The van der Waals surface area contributed by atoms with Crippen molar-refractivity contribution in [3.8, 4) is 11.1 Å². The Morgan fingerprint density at radius 2 is 1.78 bits per heavy atom. The van der Waals surface area contributed by atoms with Gasteiger partial charge in [-0.05, 0) is 41.2 Å². The van der Waals surface area contributed by atoms with Crippen molar-refractivity contribution >= 4 is 17.3 Å². The van der Waals surface area contributed by atoms with Gasteiger partial charge in [0.25, 0.3) is 0 Å². The number of halogens is 1. The average molecular weight is 260 g/mol. The Bertz CT molecular complexity index is 547.